The number of aromatic nitrogens is 3. The van der Waals surface area contributed by atoms with E-state index in [9.17, 15) is 18.4 Å². The largest absolute Gasteiger partial charge is 0.378 e. The van der Waals surface area contributed by atoms with Crippen LogP contribution in [0.4, 0.5) is 26.0 Å². The Kier molecular flexibility index (Phi) is 5.94. The van der Waals surface area contributed by atoms with Crippen LogP contribution in [-0.2, 0) is 4.74 Å². The Morgan fingerprint density at radius 1 is 1.00 bits per heavy atom. The van der Waals surface area contributed by atoms with Gasteiger partial charge in [0.1, 0.15) is 17.2 Å². The van der Waals surface area contributed by atoms with Crippen LogP contribution in [0, 0.1) is 11.6 Å². The standard InChI is InChI=1S/C24H21F2N7O3/c25-16-9-13(10-17(26)20(16)22(28)35)19-12-30-23(24-29-3-4-33(19)24)31-14-1-2-18(15(11-14)21(27)34)32-5-7-36-8-6-32/h1-4,9-12H,5-8H2,(H2,27,34)(H2,28,35)(H,30,31). The van der Waals surface area contributed by atoms with Crippen LogP contribution < -0.4 is 21.7 Å². The summed E-state index contributed by atoms with van der Waals surface area (Å²) in [5.41, 5.74) is 12.4. The van der Waals surface area contributed by atoms with Gasteiger partial charge in [0.15, 0.2) is 11.5 Å². The minimum atomic E-state index is -1.20. The molecule has 0 atom stereocenters. The lowest BCUT2D eigenvalue weighted by Gasteiger charge is -2.30. The normalized spacial score (nSPS) is 13.7. The van der Waals surface area contributed by atoms with Crippen molar-refractivity contribution in [1.29, 1.82) is 0 Å². The molecule has 2 amide bonds. The molecule has 2 aromatic carbocycles. The molecule has 10 nitrogen and oxygen atoms in total. The highest BCUT2D eigenvalue weighted by Gasteiger charge is 2.20. The topological polar surface area (TPSA) is 141 Å². The van der Waals surface area contributed by atoms with Crippen molar-refractivity contribution in [2.24, 2.45) is 11.5 Å². The van der Waals surface area contributed by atoms with E-state index < -0.39 is 29.0 Å². The molecule has 4 aromatic rings. The van der Waals surface area contributed by atoms with Crippen LogP contribution >= 0.6 is 0 Å². The summed E-state index contributed by atoms with van der Waals surface area (Å²) < 4.78 is 35.7. The van der Waals surface area contributed by atoms with Crippen LogP contribution in [0.5, 0.6) is 0 Å². The molecule has 12 heteroatoms. The minimum Gasteiger partial charge on any atom is -0.378 e. The van der Waals surface area contributed by atoms with Gasteiger partial charge in [0.05, 0.1) is 30.7 Å². The molecule has 1 aliphatic heterocycles. The number of hydrogen-bond donors (Lipinski definition) is 3. The van der Waals surface area contributed by atoms with E-state index in [2.05, 4.69) is 15.3 Å². The van der Waals surface area contributed by atoms with Gasteiger partial charge in [0.2, 0.25) is 0 Å². The number of benzene rings is 2. The van der Waals surface area contributed by atoms with Gasteiger partial charge in [-0.05, 0) is 30.3 Å². The lowest BCUT2D eigenvalue weighted by Crippen LogP contribution is -2.37. The van der Waals surface area contributed by atoms with Gasteiger partial charge < -0.3 is 26.4 Å². The average molecular weight is 493 g/mol. The number of amides is 2. The third kappa shape index (κ3) is 4.18. The molecule has 5 rings (SSSR count). The summed E-state index contributed by atoms with van der Waals surface area (Å²) >= 11 is 0. The van der Waals surface area contributed by atoms with Gasteiger partial charge in [0, 0.05) is 42.4 Å². The zero-order valence-corrected chi connectivity index (χ0v) is 18.9. The van der Waals surface area contributed by atoms with E-state index in [1.807, 2.05) is 4.90 Å². The van der Waals surface area contributed by atoms with Gasteiger partial charge in [-0.25, -0.2) is 18.7 Å². The van der Waals surface area contributed by atoms with E-state index in [4.69, 9.17) is 16.2 Å². The second-order valence-electron chi connectivity index (χ2n) is 8.11. The molecular weight excluding hydrogens is 472 g/mol. The molecular formula is C24H21F2N7O3. The van der Waals surface area contributed by atoms with Gasteiger partial charge in [-0.15, -0.1) is 0 Å². The van der Waals surface area contributed by atoms with Crippen molar-refractivity contribution in [1.82, 2.24) is 14.4 Å². The predicted octanol–water partition coefficient (Wildman–Crippen LogP) is 2.45. The molecule has 1 fully saturated rings. The third-order valence-corrected chi connectivity index (χ3v) is 5.89. The molecule has 0 saturated carbocycles. The second-order valence-corrected chi connectivity index (χ2v) is 8.11. The highest BCUT2D eigenvalue weighted by Crippen LogP contribution is 2.30. The molecule has 36 heavy (non-hydrogen) atoms. The number of fused-ring (bicyclic) bond motifs is 1. The van der Waals surface area contributed by atoms with Gasteiger partial charge in [0.25, 0.3) is 11.8 Å². The van der Waals surface area contributed by atoms with Crippen molar-refractivity contribution >= 4 is 34.7 Å². The number of anilines is 3. The fourth-order valence-corrected chi connectivity index (χ4v) is 4.20. The van der Waals surface area contributed by atoms with Crippen LogP contribution in [0.1, 0.15) is 20.7 Å². The Hall–Kier alpha value is -4.58. The number of hydrogen-bond acceptors (Lipinski definition) is 7. The van der Waals surface area contributed by atoms with E-state index >= 15 is 0 Å². The van der Waals surface area contributed by atoms with Crippen molar-refractivity contribution in [2.45, 2.75) is 0 Å². The zero-order valence-electron chi connectivity index (χ0n) is 18.9. The third-order valence-electron chi connectivity index (χ3n) is 5.89. The number of rotatable bonds is 6. The number of carbonyl (C=O) groups is 2. The Labute approximate surface area is 203 Å². The Balaban J connectivity index is 1.50. The molecule has 0 unspecified atom stereocenters. The van der Waals surface area contributed by atoms with Crippen LogP contribution in [0.15, 0.2) is 48.9 Å². The van der Waals surface area contributed by atoms with Gasteiger partial charge in [-0.2, -0.15) is 0 Å². The summed E-state index contributed by atoms with van der Waals surface area (Å²) in [6.07, 6.45) is 4.52. The maximum absolute atomic E-state index is 14.4. The maximum Gasteiger partial charge on any atom is 0.254 e. The fraction of sp³-hybridized carbons (Fsp3) is 0.167. The number of nitrogens with zero attached hydrogens (tertiary/aromatic N) is 4. The molecule has 0 bridgehead atoms. The smallest absolute Gasteiger partial charge is 0.254 e. The summed E-state index contributed by atoms with van der Waals surface area (Å²) in [5.74, 6) is -3.58. The van der Waals surface area contributed by atoms with E-state index in [0.717, 1.165) is 12.1 Å². The number of halogens is 2. The fourth-order valence-electron chi connectivity index (χ4n) is 4.20. The Morgan fingerprint density at radius 3 is 2.39 bits per heavy atom. The van der Waals surface area contributed by atoms with Crippen molar-refractivity contribution < 1.29 is 23.1 Å². The first-order chi connectivity index (χ1) is 17.3. The molecule has 0 aliphatic carbocycles. The van der Waals surface area contributed by atoms with E-state index in [1.54, 1.807) is 28.8 Å². The van der Waals surface area contributed by atoms with Crippen molar-refractivity contribution in [3.8, 4) is 11.3 Å². The van der Waals surface area contributed by atoms with Crippen molar-refractivity contribution in [3.63, 3.8) is 0 Å². The SMILES string of the molecule is NC(=O)c1cc(Nc2ncc(-c3cc(F)c(C(N)=O)c(F)c3)n3ccnc23)ccc1N1CCOCC1. The number of primary amides is 2. The first-order valence-corrected chi connectivity index (χ1v) is 11.0. The average Bonchev–Trinajstić information content (AvgIpc) is 3.34. The number of imidazole rings is 1. The Bertz CT molecular complexity index is 1480. The summed E-state index contributed by atoms with van der Waals surface area (Å²) in [6.45, 7) is 2.41. The van der Waals surface area contributed by atoms with Gasteiger partial charge >= 0.3 is 0 Å². The molecule has 184 valence electrons. The van der Waals surface area contributed by atoms with E-state index in [0.29, 0.717) is 60.4 Å². The van der Waals surface area contributed by atoms with E-state index in [1.165, 1.54) is 12.4 Å². The predicted molar refractivity (Wildman–Crippen MR) is 128 cm³/mol. The number of nitrogens with one attached hydrogen (secondary N) is 1. The quantitative estimate of drug-likeness (QED) is 0.375. The number of carbonyl (C=O) groups excluding carboxylic acids is 2. The number of morpholine rings is 1. The molecule has 1 aliphatic rings. The van der Waals surface area contributed by atoms with Gasteiger partial charge in [-0.1, -0.05) is 0 Å². The molecule has 1 saturated heterocycles. The summed E-state index contributed by atoms with van der Waals surface area (Å²) in [4.78, 5) is 34.2. The first kappa shape index (κ1) is 23.2. The van der Waals surface area contributed by atoms with Crippen LogP contribution in [-0.4, -0.2) is 52.5 Å². The molecule has 5 N–H and O–H groups in total. The maximum atomic E-state index is 14.4. The summed E-state index contributed by atoms with van der Waals surface area (Å²) in [7, 11) is 0. The molecule has 2 aromatic heterocycles. The monoisotopic (exact) mass is 493 g/mol. The van der Waals surface area contributed by atoms with Gasteiger partial charge in [-0.3, -0.25) is 14.0 Å². The highest BCUT2D eigenvalue weighted by molar-refractivity contribution is 6.00. The lowest BCUT2D eigenvalue weighted by molar-refractivity contribution is 0.0986. The number of ether oxygens (including phenoxy) is 1. The highest BCUT2D eigenvalue weighted by atomic mass is 19.1. The molecule has 3 heterocycles. The van der Waals surface area contributed by atoms with Crippen LogP contribution in [0.3, 0.4) is 0 Å². The Morgan fingerprint density at radius 2 is 1.72 bits per heavy atom. The molecule has 0 spiro atoms. The number of nitrogens with two attached hydrogens (primary N) is 2. The second kappa shape index (κ2) is 9.23. The zero-order chi connectivity index (χ0) is 25.4. The van der Waals surface area contributed by atoms with Crippen LogP contribution in [0.2, 0.25) is 0 Å². The van der Waals surface area contributed by atoms with Crippen LogP contribution in [0.25, 0.3) is 16.9 Å². The van der Waals surface area contributed by atoms with Crippen molar-refractivity contribution in [2.75, 3.05) is 36.5 Å². The summed E-state index contributed by atoms with van der Waals surface area (Å²) in [6, 6.07) is 7.25. The van der Waals surface area contributed by atoms with E-state index in [-0.39, 0.29) is 5.56 Å². The first-order valence-electron chi connectivity index (χ1n) is 11.0. The molecule has 0 radical (unpaired) electrons. The van der Waals surface area contributed by atoms with Crippen molar-refractivity contribution in [3.05, 3.63) is 71.7 Å². The minimum absolute atomic E-state index is 0.142. The summed E-state index contributed by atoms with van der Waals surface area (Å²) in [5, 5.41) is 3.13. The lowest BCUT2D eigenvalue weighted by atomic mass is 10.1.